The lowest BCUT2D eigenvalue weighted by atomic mass is 10.2. The number of hydrogen-bond donors (Lipinski definition) is 2. The first-order valence-electron chi connectivity index (χ1n) is 12.0. The van der Waals surface area contributed by atoms with Gasteiger partial charge in [-0.15, -0.1) is 11.8 Å². The largest absolute Gasteiger partial charge is 0.497 e. The number of sulfonamides is 2. The van der Waals surface area contributed by atoms with Crippen molar-refractivity contribution in [2.45, 2.75) is 14.7 Å². The number of benzene rings is 3. The summed E-state index contributed by atoms with van der Waals surface area (Å²) in [5.41, 5.74) is 0.652. The average molecular weight is 608 g/mol. The number of methoxy groups -OCH3 is 2. The van der Waals surface area contributed by atoms with E-state index >= 15 is 0 Å². The summed E-state index contributed by atoms with van der Waals surface area (Å²) in [4.78, 5) is 15.2. The molecule has 0 aromatic heterocycles. The quantitative estimate of drug-likeness (QED) is 0.332. The summed E-state index contributed by atoms with van der Waals surface area (Å²) in [7, 11) is -5.21. The molecule has 1 fully saturated rings. The van der Waals surface area contributed by atoms with E-state index in [-0.39, 0.29) is 32.8 Å². The maximum atomic E-state index is 13.2. The fourth-order valence-electron chi connectivity index (χ4n) is 3.96. The molecule has 1 aliphatic heterocycles. The van der Waals surface area contributed by atoms with E-state index in [9.17, 15) is 21.6 Å². The Morgan fingerprint density at radius 3 is 2.12 bits per heavy atom. The standard InChI is InChI=1S/C26H29N3O8S3/c1-35-19-6-10-23(24(16-19)36-2)28-39(31,32)20-7-4-18(5-8-20)27-40(33,34)21-9-11-25(38-3)22(17-21)26(30)29-12-14-37-15-13-29/h4-11,16-17,27-28H,12-15H2,1-3H3. The van der Waals surface area contributed by atoms with E-state index in [2.05, 4.69) is 9.44 Å². The maximum Gasteiger partial charge on any atom is 0.262 e. The number of nitrogens with zero attached hydrogens (tertiary/aromatic N) is 1. The summed E-state index contributed by atoms with van der Waals surface area (Å²) in [6.45, 7) is 1.71. The second-order valence-electron chi connectivity index (χ2n) is 8.57. The van der Waals surface area contributed by atoms with Gasteiger partial charge in [-0.3, -0.25) is 14.2 Å². The molecule has 40 heavy (non-hydrogen) atoms. The second-order valence-corrected chi connectivity index (χ2v) is 12.8. The highest BCUT2D eigenvalue weighted by Gasteiger charge is 2.24. The number of nitrogens with one attached hydrogen (secondary N) is 2. The van der Waals surface area contributed by atoms with Crippen LogP contribution in [0.1, 0.15) is 10.4 Å². The molecule has 4 rings (SSSR count). The van der Waals surface area contributed by atoms with Gasteiger partial charge in [0.25, 0.3) is 26.0 Å². The van der Waals surface area contributed by atoms with Crippen molar-refractivity contribution in [2.24, 2.45) is 0 Å². The first-order chi connectivity index (χ1) is 19.1. The van der Waals surface area contributed by atoms with Crippen molar-refractivity contribution in [3.63, 3.8) is 0 Å². The van der Waals surface area contributed by atoms with Crippen LogP contribution in [0.15, 0.2) is 75.4 Å². The summed E-state index contributed by atoms with van der Waals surface area (Å²) in [6, 6.07) is 14.3. The van der Waals surface area contributed by atoms with E-state index in [1.165, 1.54) is 68.4 Å². The Balaban J connectivity index is 1.53. The number of amides is 1. The lowest BCUT2D eigenvalue weighted by Gasteiger charge is -2.27. The van der Waals surface area contributed by atoms with Gasteiger partial charge in [-0.25, -0.2) is 16.8 Å². The molecular formula is C26H29N3O8S3. The van der Waals surface area contributed by atoms with Gasteiger partial charge in [0.15, 0.2) is 0 Å². The first kappa shape index (κ1) is 29.5. The van der Waals surface area contributed by atoms with Crippen molar-refractivity contribution in [1.82, 2.24) is 4.90 Å². The van der Waals surface area contributed by atoms with Crippen LogP contribution in [0, 0.1) is 0 Å². The predicted octanol–water partition coefficient (Wildman–Crippen LogP) is 3.50. The van der Waals surface area contributed by atoms with Crippen LogP contribution < -0.4 is 18.9 Å². The van der Waals surface area contributed by atoms with Crippen molar-refractivity contribution < 1.29 is 35.8 Å². The minimum absolute atomic E-state index is 0.0870. The monoisotopic (exact) mass is 607 g/mol. The Morgan fingerprint density at radius 2 is 1.50 bits per heavy atom. The zero-order valence-corrected chi connectivity index (χ0v) is 24.5. The molecule has 3 aromatic carbocycles. The molecule has 214 valence electrons. The maximum absolute atomic E-state index is 13.2. The van der Waals surface area contributed by atoms with E-state index in [1.54, 1.807) is 23.1 Å². The van der Waals surface area contributed by atoms with Crippen molar-refractivity contribution in [3.8, 4) is 11.5 Å². The number of hydrogen-bond acceptors (Lipinski definition) is 9. The van der Waals surface area contributed by atoms with Crippen molar-refractivity contribution in [3.05, 3.63) is 66.2 Å². The topological polar surface area (TPSA) is 140 Å². The van der Waals surface area contributed by atoms with Crippen LogP contribution in [0.4, 0.5) is 11.4 Å². The van der Waals surface area contributed by atoms with Gasteiger partial charge in [0.05, 0.1) is 48.5 Å². The third kappa shape index (κ3) is 6.63. The minimum Gasteiger partial charge on any atom is -0.497 e. The molecule has 3 aromatic rings. The molecule has 0 aliphatic carbocycles. The van der Waals surface area contributed by atoms with Gasteiger partial charge < -0.3 is 19.1 Å². The number of carbonyl (C=O) groups excluding carboxylic acids is 1. The molecule has 14 heteroatoms. The molecule has 0 unspecified atom stereocenters. The SMILES string of the molecule is COc1ccc(NS(=O)(=O)c2ccc(NS(=O)(=O)c3ccc(SC)c(C(=O)N4CCOCC4)c3)cc2)c(OC)c1. The van der Waals surface area contributed by atoms with Gasteiger partial charge in [0.1, 0.15) is 11.5 Å². The fourth-order valence-corrected chi connectivity index (χ4v) is 6.69. The van der Waals surface area contributed by atoms with Crippen LogP contribution in [0.25, 0.3) is 0 Å². The molecule has 0 spiro atoms. The Kier molecular flexibility index (Phi) is 9.13. The van der Waals surface area contributed by atoms with Crippen LogP contribution in [0.3, 0.4) is 0 Å². The number of rotatable bonds is 10. The highest BCUT2D eigenvalue weighted by atomic mass is 32.2. The Hall–Kier alpha value is -3.46. The molecule has 1 amide bonds. The zero-order valence-electron chi connectivity index (χ0n) is 22.0. The molecule has 11 nitrogen and oxygen atoms in total. The van der Waals surface area contributed by atoms with Gasteiger partial charge in [0, 0.05) is 29.7 Å². The van der Waals surface area contributed by atoms with E-state index in [4.69, 9.17) is 14.2 Å². The number of morpholine rings is 1. The van der Waals surface area contributed by atoms with E-state index in [0.717, 1.165) is 0 Å². The van der Waals surface area contributed by atoms with Crippen LogP contribution in [0.2, 0.25) is 0 Å². The Labute approximate surface area is 237 Å². The smallest absolute Gasteiger partial charge is 0.262 e. The summed E-state index contributed by atoms with van der Waals surface area (Å²) in [5, 5.41) is 0. The normalized spacial score (nSPS) is 13.9. The van der Waals surface area contributed by atoms with Crippen LogP contribution in [0.5, 0.6) is 11.5 Å². The van der Waals surface area contributed by atoms with E-state index in [0.29, 0.717) is 42.5 Å². The minimum atomic E-state index is -4.09. The highest BCUT2D eigenvalue weighted by molar-refractivity contribution is 7.98. The average Bonchev–Trinajstić information content (AvgIpc) is 2.97. The van der Waals surface area contributed by atoms with Gasteiger partial charge in [-0.1, -0.05) is 0 Å². The van der Waals surface area contributed by atoms with Gasteiger partial charge >= 0.3 is 0 Å². The molecule has 0 saturated carbocycles. The Morgan fingerprint density at radius 1 is 0.850 bits per heavy atom. The molecule has 1 saturated heterocycles. The van der Waals surface area contributed by atoms with Crippen molar-refractivity contribution >= 4 is 49.1 Å². The molecule has 1 heterocycles. The summed E-state index contributed by atoms with van der Waals surface area (Å²) >= 11 is 1.35. The van der Waals surface area contributed by atoms with Crippen molar-refractivity contribution in [1.29, 1.82) is 0 Å². The van der Waals surface area contributed by atoms with Crippen molar-refractivity contribution in [2.75, 3.05) is 56.2 Å². The number of ether oxygens (including phenoxy) is 3. The molecule has 1 aliphatic rings. The second kappa shape index (κ2) is 12.4. The summed E-state index contributed by atoms with van der Waals surface area (Å²) < 4.78 is 72.9. The zero-order chi connectivity index (χ0) is 28.9. The molecular weight excluding hydrogens is 579 g/mol. The summed E-state index contributed by atoms with van der Waals surface area (Å²) in [6.07, 6.45) is 1.81. The van der Waals surface area contributed by atoms with Crippen LogP contribution >= 0.6 is 11.8 Å². The lowest BCUT2D eigenvalue weighted by Crippen LogP contribution is -2.40. The number of carbonyl (C=O) groups is 1. The molecule has 0 radical (unpaired) electrons. The van der Waals surface area contributed by atoms with Crippen LogP contribution in [-0.2, 0) is 24.8 Å². The van der Waals surface area contributed by atoms with Gasteiger partial charge in [-0.2, -0.15) is 0 Å². The molecule has 0 atom stereocenters. The van der Waals surface area contributed by atoms with Gasteiger partial charge in [0.2, 0.25) is 0 Å². The predicted molar refractivity (Wildman–Crippen MR) is 153 cm³/mol. The fraction of sp³-hybridized carbons (Fsp3) is 0.269. The van der Waals surface area contributed by atoms with Crippen LogP contribution in [-0.4, -0.2) is 74.4 Å². The number of thioether (sulfide) groups is 1. The van der Waals surface area contributed by atoms with E-state index < -0.39 is 20.0 Å². The van der Waals surface area contributed by atoms with Gasteiger partial charge in [-0.05, 0) is 60.9 Å². The highest BCUT2D eigenvalue weighted by Crippen LogP contribution is 2.31. The molecule has 2 N–H and O–H groups in total. The third-order valence-corrected chi connectivity index (χ3v) is 9.64. The van der Waals surface area contributed by atoms with E-state index in [1.807, 2.05) is 6.26 Å². The first-order valence-corrected chi connectivity index (χ1v) is 16.2. The third-order valence-electron chi connectivity index (χ3n) is 6.08. The Bertz CT molecular complexity index is 1590. The lowest BCUT2D eigenvalue weighted by molar-refractivity contribution is 0.0300. The summed E-state index contributed by atoms with van der Waals surface area (Å²) in [5.74, 6) is 0.503. The molecule has 0 bridgehead atoms. The number of anilines is 2.